The summed E-state index contributed by atoms with van der Waals surface area (Å²) in [7, 11) is 0. The van der Waals surface area contributed by atoms with Crippen LogP contribution in [0.15, 0.2) is 41.9 Å². The molecule has 128 valence electrons. The first-order chi connectivity index (χ1) is 10.5. The zero-order valence-electron chi connectivity index (χ0n) is 13.6. The number of nitro benzene ring substituents is 1. The monoisotopic (exact) mass is 432 g/mol. The first-order valence-electron chi connectivity index (χ1n) is 7.39. The van der Waals surface area contributed by atoms with Gasteiger partial charge in [0.15, 0.2) is 5.96 Å². The Hall–Kier alpha value is -1.64. The van der Waals surface area contributed by atoms with Crippen LogP contribution in [0, 0.1) is 16.0 Å². The van der Waals surface area contributed by atoms with E-state index in [-0.39, 0.29) is 29.7 Å². The molecule has 0 aromatic heterocycles. The summed E-state index contributed by atoms with van der Waals surface area (Å²) in [6, 6.07) is 6.43. The van der Waals surface area contributed by atoms with Gasteiger partial charge < -0.3 is 10.6 Å². The molecule has 0 heterocycles. The molecule has 1 aromatic rings. The molecule has 23 heavy (non-hydrogen) atoms. The predicted octanol–water partition coefficient (Wildman–Crippen LogP) is 3.48. The van der Waals surface area contributed by atoms with Gasteiger partial charge in [0.1, 0.15) is 0 Å². The van der Waals surface area contributed by atoms with Crippen molar-refractivity contribution in [3.05, 3.63) is 52.6 Å². The molecule has 2 N–H and O–H groups in total. The number of rotatable bonds is 8. The van der Waals surface area contributed by atoms with Crippen molar-refractivity contribution in [2.45, 2.75) is 26.8 Å². The largest absolute Gasteiger partial charge is 0.356 e. The summed E-state index contributed by atoms with van der Waals surface area (Å²) in [6.07, 6.45) is 2.83. The summed E-state index contributed by atoms with van der Waals surface area (Å²) in [4.78, 5) is 14.7. The second-order valence-electron chi connectivity index (χ2n) is 5.37. The molecule has 1 rings (SSSR count). The van der Waals surface area contributed by atoms with Crippen LogP contribution < -0.4 is 10.6 Å². The van der Waals surface area contributed by atoms with E-state index in [4.69, 9.17) is 0 Å². The number of non-ortho nitro benzene ring substituents is 1. The van der Waals surface area contributed by atoms with E-state index in [0.29, 0.717) is 19.0 Å². The minimum atomic E-state index is -0.405. The van der Waals surface area contributed by atoms with Crippen LogP contribution in [-0.2, 0) is 6.54 Å². The van der Waals surface area contributed by atoms with Crippen LogP contribution in [0.1, 0.15) is 25.8 Å². The Morgan fingerprint density at radius 3 is 2.52 bits per heavy atom. The molecule has 0 atom stereocenters. The summed E-state index contributed by atoms with van der Waals surface area (Å²) < 4.78 is 0. The summed E-state index contributed by atoms with van der Waals surface area (Å²) >= 11 is 0. The van der Waals surface area contributed by atoms with Gasteiger partial charge in [-0.15, -0.1) is 30.6 Å². The molecular formula is C16H25IN4O2. The van der Waals surface area contributed by atoms with Gasteiger partial charge >= 0.3 is 0 Å². The summed E-state index contributed by atoms with van der Waals surface area (Å²) in [6.45, 7) is 9.97. The fraction of sp³-hybridized carbons (Fsp3) is 0.438. The summed E-state index contributed by atoms with van der Waals surface area (Å²) in [5.41, 5.74) is 1.02. The first kappa shape index (κ1) is 21.4. The number of guanidine groups is 1. The van der Waals surface area contributed by atoms with Crippen LogP contribution in [0.5, 0.6) is 0 Å². The maximum Gasteiger partial charge on any atom is 0.269 e. The van der Waals surface area contributed by atoms with E-state index in [1.807, 2.05) is 0 Å². The minimum absolute atomic E-state index is 0. The van der Waals surface area contributed by atoms with Gasteiger partial charge in [-0.25, -0.2) is 4.99 Å². The van der Waals surface area contributed by atoms with Crippen molar-refractivity contribution in [1.29, 1.82) is 0 Å². The van der Waals surface area contributed by atoms with Crippen molar-refractivity contribution >= 4 is 35.6 Å². The van der Waals surface area contributed by atoms with Crippen LogP contribution in [0.25, 0.3) is 0 Å². The molecule has 1 aromatic carbocycles. The number of halogens is 1. The number of hydrogen-bond acceptors (Lipinski definition) is 3. The molecule has 0 bridgehead atoms. The molecule has 7 heteroatoms. The van der Waals surface area contributed by atoms with Crippen molar-refractivity contribution in [3.8, 4) is 0 Å². The van der Waals surface area contributed by atoms with Gasteiger partial charge in [0, 0.05) is 25.2 Å². The van der Waals surface area contributed by atoms with Gasteiger partial charge in [-0.1, -0.05) is 32.1 Å². The van der Waals surface area contributed by atoms with Crippen molar-refractivity contribution in [2.75, 3.05) is 13.1 Å². The van der Waals surface area contributed by atoms with Crippen LogP contribution in [0.3, 0.4) is 0 Å². The topological polar surface area (TPSA) is 79.6 Å². The predicted molar refractivity (Wildman–Crippen MR) is 105 cm³/mol. The van der Waals surface area contributed by atoms with Crippen LogP contribution in [0.2, 0.25) is 0 Å². The molecule has 0 saturated carbocycles. The molecular weight excluding hydrogens is 407 g/mol. The molecule has 6 nitrogen and oxygen atoms in total. The molecule has 0 aliphatic rings. The number of hydrogen-bond donors (Lipinski definition) is 2. The van der Waals surface area contributed by atoms with E-state index in [0.717, 1.165) is 24.5 Å². The highest BCUT2D eigenvalue weighted by Crippen LogP contribution is 2.12. The van der Waals surface area contributed by atoms with E-state index in [9.17, 15) is 10.1 Å². The zero-order valence-corrected chi connectivity index (χ0v) is 15.9. The second-order valence-corrected chi connectivity index (χ2v) is 5.37. The smallest absolute Gasteiger partial charge is 0.269 e. The number of nitro groups is 1. The lowest BCUT2D eigenvalue weighted by atomic mass is 10.1. The third-order valence-corrected chi connectivity index (χ3v) is 2.99. The Labute approximate surface area is 154 Å². The quantitative estimate of drug-likeness (QED) is 0.165. The highest BCUT2D eigenvalue weighted by Gasteiger charge is 2.04. The van der Waals surface area contributed by atoms with E-state index < -0.39 is 4.92 Å². The average molecular weight is 432 g/mol. The number of aliphatic imine (C=N–C) groups is 1. The van der Waals surface area contributed by atoms with Crippen LogP contribution >= 0.6 is 24.0 Å². The molecule has 0 aliphatic heterocycles. The van der Waals surface area contributed by atoms with Gasteiger partial charge in [-0.3, -0.25) is 10.1 Å². The van der Waals surface area contributed by atoms with E-state index >= 15 is 0 Å². The lowest BCUT2D eigenvalue weighted by Gasteiger charge is -2.12. The fourth-order valence-corrected chi connectivity index (χ4v) is 1.72. The molecule has 0 fully saturated rings. The van der Waals surface area contributed by atoms with Crippen molar-refractivity contribution in [2.24, 2.45) is 10.9 Å². The SMILES string of the molecule is C=CCNC(=NCc1ccc([N+](=O)[O-])cc1)NCCC(C)C.I. The lowest BCUT2D eigenvalue weighted by molar-refractivity contribution is -0.384. The second kappa shape index (κ2) is 11.9. The molecule has 0 unspecified atom stereocenters. The van der Waals surface area contributed by atoms with E-state index in [1.54, 1.807) is 18.2 Å². The number of nitrogens with zero attached hydrogens (tertiary/aromatic N) is 2. The third kappa shape index (κ3) is 9.17. The highest BCUT2D eigenvalue weighted by molar-refractivity contribution is 14.0. The Balaban J connectivity index is 0.00000484. The normalized spacial score (nSPS) is 10.8. The molecule has 0 radical (unpaired) electrons. The third-order valence-electron chi connectivity index (χ3n) is 2.99. The average Bonchev–Trinajstić information content (AvgIpc) is 2.49. The van der Waals surface area contributed by atoms with Gasteiger partial charge in [0.25, 0.3) is 5.69 Å². The number of benzene rings is 1. The van der Waals surface area contributed by atoms with Gasteiger partial charge in [-0.05, 0) is 17.9 Å². The van der Waals surface area contributed by atoms with Gasteiger partial charge in [0.2, 0.25) is 0 Å². The molecule has 0 amide bonds. The molecule has 0 saturated heterocycles. The molecule has 0 spiro atoms. The Morgan fingerprint density at radius 2 is 2.00 bits per heavy atom. The lowest BCUT2D eigenvalue weighted by Crippen LogP contribution is -2.38. The van der Waals surface area contributed by atoms with Crippen LogP contribution in [0.4, 0.5) is 5.69 Å². The Kier molecular flexibility index (Phi) is 11.0. The van der Waals surface area contributed by atoms with Crippen molar-refractivity contribution in [3.63, 3.8) is 0 Å². The van der Waals surface area contributed by atoms with Gasteiger partial charge in [0.05, 0.1) is 11.5 Å². The minimum Gasteiger partial charge on any atom is -0.356 e. The zero-order chi connectivity index (χ0) is 16.4. The number of nitrogens with one attached hydrogen (secondary N) is 2. The first-order valence-corrected chi connectivity index (χ1v) is 7.39. The maximum absolute atomic E-state index is 10.6. The molecule has 0 aliphatic carbocycles. The summed E-state index contributed by atoms with van der Waals surface area (Å²) in [5.74, 6) is 1.35. The Bertz CT molecular complexity index is 515. The summed E-state index contributed by atoms with van der Waals surface area (Å²) in [5, 5.41) is 17.0. The standard InChI is InChI=1S/C16H24N4O2.HI/c1-4-10-17-16(18-11-9-13(2)3)19-12-14-5-7-15(8-6-14)20(21)22;/h4-8,13H,1,9-12H2,2-3H3,(H2,17,18,19);1H. The van der Waals surface area contributed by atoms with E-state index in [2.05, 4.69) is 36.1 Å². The van der Waals surface area contributed by atoms with Gasteiger partial charge in [-0.2, -0.15) is 0 Å². The van der Waals surface area contributed by atoms with Crippen molar-refractivity contribution < 1.29 is 4.92 Å². The van der Waals surface area contributed by atoms with E-state index in [1.165, 1.54) is 12.1 Å². The fourth-order valence-electron chi connectivity index (χ4n) is 1.72. The highest BCUT2D eigenvalue weighted by atomic mass is 127. The Morgan fingerprint density at radius 1 is 1.35 bits per heavy atom. The van der Waals surface area contributed by atoms with Crippen LogP contribution in [-0.4, -0.2) is 24.0 Å². The van der Waals surface area contributed by atoms with Crippen molar-refractivity contribution in [1.82, 2.24) is 10.6 Å². The maximum atomic E-state index is 10.6.